The van der Waals surface area contributed by atoms with Gasteiger partial charge in [-0.25, -0.2) is 12.8 Å². The number of sulfonamides is 1. The summed E-state index contributed by atoms with van der Waals surface area (Å²) in [6.07, 6.45) is 0. The van der Waals surface area contributed by atoms with Crippen LogP contribution in [-0.2, 0) is 14.8 Å². The second-order valence-electron chi connectivity index (χ2n) is 3.72. The number of thiocarbonyl (C=S) groups is 1. The zero-order valence-electron chi connectivity index (χ0n) is 9.88. The molecule has 0 heterocycles. The summed E-state index contributed by atoms with van der Waals surface area (Å²) in [4.78, 5) is 10.0. The fourth-order valence-electron chi connectivity index (χ4n) is 1.32. The van der Waals surface area contributed by atoms with Crippen LogP contribution in [0.15, 0.2) is 23.1 Å². The first-order chi connectivity index (χ1) is 8.66. The highest BCUT2D eigenvalue weighted by molar-refractivity contribution is 7.89. The van der Waals surface area contributed by atoms with Crippen molar-refractivity contribution in [2.75, 3.05) is 0 Å². The van der Waals surface area contributed by atoms with E-state index in [0.29, 0.717) is 0 Å². The molecule has 0 aliphatic carbocycles. The van der Waals surface area contributed by atoms with Crippen LogP contribution in [0, 0.1) is 5.82 Å². The van der Waals surface area contributed by atoms with Crippen LogP contribution in [-0.4, -0.2) is 25.4 Å². The SMILES string of the molecule is CC(NS(=O)(=O)c1cccc(F)c1C(N)=S)C(N)=O. The molecular formula is C10H12FN3O3S2. The summed E-state index contributed by atoms with van der Waals surface area (Å²) in [7, 11) is -4.16. The molecule has 1 aromatic carbocycles. The van der Waals surface area contributed by atoms with Gasteiger partial charge in [-0.15, -0.1) is 0 Å². The van der Waals surface area contributed by atoms with Crippen molar-refractivity contribution in [2.24, 2.45) is 11.5 Å². The van der Waals surface area contributed by atoms with Crippen LogP contribution < -0.4 is 16.2 Å². The number of carbonyl (C=O) groups is 1. The number of primary amides is 1. The molecule has 0 fully saturated rings. The lowest BCUT2D eigenvalue weighted by Gasteiger charge is -2.14. The molecule has 0 radical (unpaired) electrons. The van der Waals surface area contributed by atoms with Crippen molar-refractivity contribution in [3.63, 3.8) is 0 Å². The number of rotatable bonds is 5. The summed E-state index contributed by atoms with van der Waals surface area (Å²) in [6, 6.07) is 2.21. The molecule has 0 spiro atoms. The maximum atomic E-state index is 13.6. The van der Waals surface area contributed by atoms with Crippen molar-refractivity contribution in [1.82, 2.24) is 4.72 Å². The highest BCUT2D eigenvalue weighted by Gasteiger charge is 2.25. The van der Waals surface area contributed by atoms with Crippen LogP contribution >= 0.6 is 12.2 Å². The monoisotopic (exact) mass is 305 g/mol. The first-order valence-electron chi connectivity index (χ1n) is 5.06. The lowest BCUT2D eigenvalue weighted by molar-refractivity contribution is -0.119. The third kappa shape index (κ3) is 3.46. The van der Waals surface area contributed by atoms with Crippen LogP contribution in [0.5, 0.6) is 0 Å². The molecule has 1 atom stereocenters. The predicted molar refractivity (Wildman–Crippen MR) is 71.3 cm³/mol. The Balaban J connectivity index is 3.34. The van der Waals surface area contributed by atoms with E-state index in [0.717, 1.165) is 12.1 Å². The number of benzene rings is 1. The van der Waals surface area contributed by atoms with Crippen LogP contribution in [0.25, 0.3) is 0 Å². The van der Waals surface area contributed by atoms with Gasteiger partial charge in [-0.3, -0.25) is 4.79 Å². The minimum Gasteiger partial charge on any atom is -0.389 e. The van der Waals surface area contributed by atoms with Gasteiger partial charge in [0, 0.05) is 0 Å². The van der Waals surface area contributed by atoms with Crippen molar-refractivity contribution in [3.05, 3.63) is 29.6 Å². The molecule has 0 aliphatic heterocycles. The molecule has 0 saturated heterocycles. The Bertz CT molecular complexity index is 631. The minimum absolute atomic E-state index is 0.398. The smallest absolute Gasteiger partial charge is 0.242 e. The van der Waals surface area contributed by atoms with Crippen LogP contribution in [0.1, 0.15) is 12.5 Å². The molecule has 0 bridgehead atoms. The number of carbonyl (C=O) groups excluding carboxylic acids is 1. The zero-order valence-corrected chi connectivity index (χ0v) is 11.5. The summed E-state index contributed by atoms with van der Waals surface area (Å²) in [5.74, 6) is -1.72. The normalized spacial score (nSPS) is 12.9. The molecule has 5 N–H and O–H groups in total. The highest BCUT2D eigenvalue weighted by atomic mass is 32.2. The average molecular weight is 305 g/mol. The summed E-state index contributed by atoms with van der Waals surface area (Å²) < 4.78 is 39.6. The third-order valence-electron chi connectivity index (χ3n) is 2.27. The molecule has 104 valence electrons. The van der Waals surface area contributed by atoms with Gasteiger partial charge in [-0.2, -0.15) is 4.72 Å². The van der Waals surface area contributed by atoms with Gasteiger partial charge < -0.3 is 11.5 Å². The van der Waals surface area contributed by atoms with E-state index in [1.165, 1.54) is 13.0 Å². The van der Waals surface area contributed by atoms with Crippen molar-refractivity contribution >= 4 is 33.1 Å². The molecule has 6 nitrogen and oxygen atoms in total. The quantitative estimate of drug-likeness (QED) is 0.641. The van der Waals surface area contributed by atoms with Gasteiger partial charge in [-0.05, 0) is 19.1 Å². The van der Waals surface area contributed by atoms with Crippen molar-refractivity contribution in [1.29, 1.82) is 0 Å². The van der Waals surface area contributed by atoms with Crippen molar-refractivity contribution in [2.45, 2.75) is 17.9 Å². The minimum atomic E-state index is -4.16. The fraction of sp³-hybridized carbons (Fsp3) is 0.200. The number of nitrogens with one attached hydrogen (secondary N) is 1. The standard InChI is InChI=1S/C10H12FN3O3S2/c1-5(9(12)15)14-19(16,17)7-4-2-3-6(11)8(7)10(13)18/h2-5,14H,1H3,(H2,12,15)(H2,13,18). The van der Waals surface area contributed by atoms with E-state index in [4.69, 9.17) is 11.5 Å². The van der Waals surface area contributed by atoms with E-state index in [9.17, 15) is 17.6 Å². The Hall–Kier alpha value is -1.58. The van der Waals surface area contributed by atoms with Gasteiger partial charge in [0.25, 0.3) is 0 Å². The third-order valence-corrected chi connectivity index (χ3v) is 4.06. The zero-order chi connectivity index (χ0) is 14.8. The van der Waals surface area contributed by atoms with Crippen LogP contribution in [0.4, 0.5) is 4.39 Å². The number of nitrogens with two attached hydrogens (primary N) is 2. The summed E-state index contributed by atoms with van der Waals surface area (Å²) in [6.45, 7) is 1.26. The number of amides is 1. The Labute approximate surface area is 115 Å². The van der Waals surface area contributed by atoms with Crippen molar-refractivity contribution < 1.29 is 17.6 Å². The molecule has 19 heavy (non-hydrogen) atoms. The average Bonchev–Trinajstić information content (AvgIpc) is 2.27. The van der Waals surface area contributed by atoms with Crippen molar-refractivity contribution in [3.8, 4) is 0 Å². The largest absolute Gasteiger partial charge is 0.389 e. The van der Waals surface area contributed by atoms with Gasteiger partial charge in [-0.1, -0.05) is 18.3 Å². The van der Waals surface area contributed by atoms with Crippen LogP contribution in [0.2, 0.25) is 0 Å². The van der Waals surface area contributed by atoms with Gasteiger partial charge in [0.1, 0.15) is 10.8 Å². The van der Waals surface area contributed by atoms with Gasteiger partial charge in [0.05, 0.1) is 16.5 Å². The molecular weight excluding hydrogens is 293 g/mol. The summed E-state index contributed by atoms with van der Waals surface area (Å²) >= 11 is 4.63. The second-order valence-corrected chi connectivity index (χ2v) is 5.84. The fourth-order valence-corrected chi connectivity index (χ4v) is 3.04. The summed E-state index contributed by atoms with van der Waals surface area (Å²) in [5, 5.41) is 0. The topological polar surface area (TPSA) is 115 Å². The lowest BCUT2D eigenvalue weighted by Crippen LogP contribution is -2.42. The Kier molecular flexibility index (Phi) is 4.56. The van der Waals surface area contributed by atoms with Crippen LogP contribution in [0.3, 0.4) is 0 Å². The Morgan fingerprint density at radius 3 is 2.47 bits per heavy atom. The van der Waals surface area contributed by atoms with E-state index in [2.05, 4.69) is 12.2 Å². The highest BCUT2D eigenvalue weighted by Crippen LogP contribution is 2.19. The first-order valence-corrected chi connectivity index (χ1v) is 6.96. The van der Waals surface area contributed by atoms with Gasteiger partial charge >= 0.3 is 0 Å². The van der Waals surface area contributed by atoms with E-state index in [1.807, 2.05) is 4.72 Å². The maximum absolute atomic E-state index is 13.6. The second kappa shape index (κ2) is 5.59. The van der Waals surface area contributed by atoms with Gasteiger partial charge in [0.2, 0.25) is 15.9 Å². The molecule has 0 saturated carbocycles. The Morgan fingerprint density at radius 1 is 1.42 bits per heavy atom. The maximum Gasteiger partial charge on any atom is 0.242 e. The van der Waals surface area contributed by atoms with E-state index in [-0.39, 0.29) is 0 Å². The molecule has 9 heteroatoms. The molecule has 0 aliphatic rings. The predicted octanol–water partition coefficient (Wildman–Crippen LogP) is -0.388. The number of hydrogen-bond donors (Lipinski definition) is 3. The molecule has 1 unspecified atom stereocenters. The lowest BCUT2D eigenvalue weighted by atomic mass is 10.2. The molecule has 1 rings (SSSR count). The van der Waals surface area contributed by atoms with E-state index < -0.39 is 43.2 Å². The summed E-state index contributed by atoms with van der Waals surface area (Å²) in [5.41, 5.74) is 9.87. The molecule has 1 aromatic rings. The van der Waals surface area contributed by atoms with E-state index >= 15 is 0 Å². The first kappa shape index (κ1) is 15.5. The number of hydrogen-bond acceptors (Lipinski definition) is 4. The van der Waals surface area contributed by atoms with E-state index in [1.54, 1.807) is 0 Å². The number of halogens is 1. The van der Waals surface area contributed by atoms with Gasteiger partial charge in [0.15, 0.2) is 0 Å². The molecule has 0 aromatic heterocycles. The Morgan fingerprint density at radius 2 is 2.00 bits per heavy atom. The molecule has 1 amide bonds.